The van der Waals surface area contributed by atoms with Gasteiger partial charge in [-0.3, -0.25) is 9.59 Å². The number of fused-ring (bicyclic) bond motifs is 3. The second-order valence-electron chi connectivity index (χ2n) is 18.0. The molecule has 12 heteroatoms. The van der Waals surface area contributed by atoms with Crippen molar-refractivity contribution in [2.24, 2.45) is 29.6 Å². The van der Waals surface area contributed by atoms with Crippen molar-refractivity contribution in [3.63, 3.8) is 0 Å². The fourth-order valence-electron chi connectivity index (χ4n) is 9.84. The fraction of sp³-hybridized carbons (Fsp3) is 0.800. The number of esters is 1. The van der Waals surface area contributed by atoms with Crippen LogP contribution in [0.3, 0.4) is 0 Å². The van der Waals surface area contributed by atoms with E-state index < -0.39 is 77.4 Å². The Kier molecular flexibility index (Phi) is 17.1. The molecule has 3 N–H and O–H groups in total. The fourth-order valence-corrected chi connectivity index (χ4v) is 9.84. The van der Waals surface area contributed by atoms with Gasteiger partial charge in [-0.05, 0) is 121 Å². The normalized spacial score (nSPS) is 41.3. The SMILES string of the molecule is C=CCC1C=C(C)CC(C)CC(OC)C2OC(O)(C(=O)C(=O)N3CCCCC3C(=O)OC(C(C)=CC3CCC(C)(O)C(OC)C3)C(C)C(O)CC1)C(C)CC2OC. The van der Waals surface area contributed by atoms with E-state index in [0.29, 0.717) is 51.4 Å². The molecule has 3 fully saturated rings. The Labute approximate surface area is 341 Å². The number of piperidine rings is 1. The third kappa shape index (κ3) is 11.4. The zero-order chi connectivity index (χ0) is 42.2. The van der Waals surface area contributed by atoms with E-state index in [9.17, 15) is 29.7 Å². The Hall–Kier alpha value is -2.45. The van der Waals surface area contributed by atoms with Gasteiger partial charge in [0, 0.05) is 39.7 Å². The standard InChI is InChI=1S/C45H73NO11/c1-11-14-32-16-17-35(47)31(6)39(29(4)24-33-18-19-44(7,51)38(26-33)55-10)56-43(50)34-15-12-13-20-46(34)42(49)41(48)45(52)30(5)25-37(54-9)40(57-45)36(53-8)23-28(3)21-27(2)22-32/h11,22,24,28,30-40,47,51-52H,1,12-21,23,25-26H2,2-10H3. The van der Waals surface area contributed by atoms with Crippen molar-refractivity contribution < 1.29 is 53.4 Å². The molecule has 1 saturated carbocycles. The van der Waals surface area contributed by atoms with E-state index in [1.807, 2.05) is 19.9 Å². The minimum atomic E-state index is -2.47. The Balaban J connectivity index is 1.75. The number of Topliss-reactive ketones (excluding diaryl/α,β-unsaturated/α-hetero) is 1. The van der Waals surface area contributed by atoms with Gasteiger partial charge in [-0.1, -0.05) is 44.6 Å². The highest BCUT2D eigenvalue weighted by atomic mass is 16.7. The molecule has 14 unspecified atom stereocenters. The summed E-state index contributed by atoms with van der Waals surface area (Å²) in [6.07, 6.45) is 9.04. The molecule has 324 valence electrons. The van der Waals surface area contributed by atoms with Crippen molar-refractivity contribution in [1.82, 2.24) is 4.90 Å². The number of amides is 1. The van der Waals surface area contributed by atoms with E-state index in [2.05, 4.69) is 32.6 Å². The number of nitrogens with zero attached hydrogens (tertiary/aromatic N) is 1. The third-order valence-electron chi connectivity index (χ3n) is 13.4. The number of carbonyl (C=O) groups is 3. The highest BCUT2D eigenvalue weighted by molar-refractivity contribution is 6.39. The highest BCUT2D eigenvalue weighted by Gasteiger charge is 2.56. The van der Waals surface area contributed by atoms with Gasteiger partial charge in [-0.2, -0.15) is 0 Å². The van der Waals surface area contributed by atoms with E-state index in [4.69, 9.17) is 23.7 Å². The van der Waals surface area contributed by atoms with Crippen LogP contribution in [-0.4, -0.2) is 120 Å². The Morgan fingerprint density at radius 1 is 0.982 bits per heavy atom. The molecule has 0 spiro atoms. The Bertz CT molecular complexity index is 1440. The maximum atomic E-state index is 14.3. The number of rotatable bonds is 7. The van der Waals surface area contributed by atoms with Crippen LogP contribution in [0, 0.1) is 29.6 Å². The highest BCUT2D eigenvalue weighted by Crippen LogP contribution is 2.40. The van der Waals surface area contributed by atoms with Crippen molar-refractivity contribution in [3.8, 4) is 0 Å². The number of ketones is 1. The lowest BCUT2D eigenvalue weighted by atomic mass is 9.76. The summed E-state index contributed by atoms with van der Waals surface area (Å²) in [5.74, 6) is -6.28. The van der Waals surface area contributed by atoms with E-state index in [1.165, 1.54) is 10.5 Å². The van der Waals surface area contributed by atoms with Gasteiger partial charge in [0.1, 0.15) is 18.2 Å². The zero-order valence-corrected chi connectivity index (χ0v) is 36.1. The van der Waals surface area contributed by atoms with Crippen LogP contribution in [0.15, 0.2) is 36.0 Å². The van der Waals surface area contributed by atoms with Gasteiger partial charge in [0.2, 0.25) is 5.79 Å². The molecule has 1 aliphatic carbocycles. The molecule has 12 nitrogen and oxygen atoms in total. The van der Waals surface area contributed by atoms with Crippen LogP contribution in [0.2, 0.25) is 0 Å². The van der Waals surface area contributed by atoms with Crippen LogP contribution in [0.5, 0.6) is 0 Å². The summed E-state index contributed by atoms with van der Waals surface area (Å²) >= 11 is 0. The molecular formula is C45H73NO11. The van der Waals surface area contributed by atoms with Crippen molar-refractivity contribution in [3.05, 3.63) is 36.0 Å². The van der Waals surface area contributed by atoms with E-state index in [1.54, 1.807) is 35.2 Å². The summed E-state index contributed by atoms with van der Waals surface area (Å²) in [4.78, 5) is 44.1. The zero-order valence-electron chi connectivity index (χ0n) is 36.1. The molecular weight excluding hydrogens is 730 g/mol. The number of methoxy groups -OCH3 is 3. The van der Waals surface area contributed by atoms with Crippen LogP contribution in [0.1, 0.15) is 119 Å². The summed E-state index contributed by atoms with van der Waals surface area (Å²) in [6.45, 7) is 15.6. The largest absolute Gasteiger partial charge is 0.456 e. The predicted octanol–water partition coefficient (Wildman–Crippen LogP) is 5.85. The van der Waals surface area contributed by atoms with Gasteiger partial charge < -0.3 is 43.9 Å². The molecule has 0 radical (unpaired) electrons. The van der Waals surface area contributed by atoms with Crippen LogP contribution < -0.4 is 0 Å². The molecule has 1 amide bonds. The van der Waals surface area contributed by atoms with Crippen LogP contribution in [0.25, 0.3) is 0 Å². The second kappa shape index (κ2) is 20.7. The lowest BCUT2D eigenvalue weighted by molar-refractivity contribution is -0.302. The summed E-state index contributed by atoms with van der Waals surface area (Å²) in [5.41, 5.74) is 0.990. The van der Waals surface area contributed by atoms with Gasteiger partial charge in [-0.25, -0.2) is 4.79 Å². The lowest BCUT2D eigenvalue weighted by Gasteiger charge is -2.47. The lowest BCUT2D eigenvalue weighted by Crippen LogP contribution is -2.64. The van der Waals surface area contributed by atoms with Gasteiger partial charge >= 0.3 is 5.97 Å². The van der Waals surface area contributed by atoms with Crippen LogP contribution in [0.4, 0.5) is 0 Å². The van der Waals surface area contributed by atoms with Crippen LogP contribution >= 0.6 is 0 Å². The van der Waals surface area contributed by atoms with Crippen molar-refractivity contribution in [2.75, 3.05) is 27.9 Å². The number of aliphatic hydroxyl groups excluding tert-OH is 1. The maximum absolute atomic E-state index is 14.3. The number of ether oxygens (including phenoxy) is 5. The molecule has 3 heterocycles. The van der Waals surface area contributed by atoms with Crippen molar-refractivity contribution >= 4 is 17.7 Å². The number of aliphatic hydroxyl groups is 3. The number of hydrogen-bond acceptors (Lipinski definition) is 11. The number of allylic oxidation sites excluding steroid dienone is 4. The second-order valence-corrected chi connectivity index (χ2v) is 18.0. The molecule has 0 aromatic rings. The molecule has 2 saturated heterocycles. The number of carbonyl (C=O) groups excluding carboxylic acids is 3. The first-order valence-electron chi connectivity index (χ1n) is 21.3. The van der Waals surface area contributed by atoms with Gasteiger partial charge in [0.05, 0.1) is 30.0 Å². The molecule has 14 atom stereocenters. The van der Waals surface area contributed by atoms with Gasteiger partial charge in [0.25, 0.3) is 11.7 Å². The molecule has 57 heavy (non-hydrogen) atoms. The monoisotopic (exact) mass is 804 g/mol. The number of cyclic esters (lactones) is 1. The summed E-state index contributed by atoms with van der Waals surface area (Å²) in [6, 6.07) is -1.07. The summed E-state index contributed by atoms with van der Waals surface area (Å²) < 4.78 is 30.1. The molecule has 2 bridgehead atoms. The molecule has 0 aromatic carbocycles. The Morgan fingerprint density at radius 2 is 1.67 bits per heavy atom. The molecule has 4 rings (SSSR count). The predicted molar refractivity (Wildman–Crippen MR) is 217 cm³/mol. The van der Waals surface area contributed by atoms with E-state index >= 15 is 0 Å². The van der Waals surface area contributed by atoms with E-state index in [0.717, 1.165) is 18.4 Å². The van der Waals surface area contributed by atoms with Gasteiger partial charge in [-0.15, -0.1) is 6.58 Å². The molecule has 4 aliphatic rings. The third-order valence-corrected chi connectivity index (χ3v) is 13.4. The molecule has 0 aromatic heterocycles. The van der Waals surface area contributed by atoms with Gasteiger partial charge in [0.15, 0.2) is 0 Å². The van der Waals surface area contributed by atoms with Crippen LogP contribution in [-0.2, 0) is 38.1 Å². The molecule has 3 aliphatic heterocycles. The minimum absolute atomic E-state index is 0.0404. The van der Waals surface area contributed by atoms with E-state index in [-0.39, 0.29) is 43.2 Å². The summed E-state index contributed by atoms with van der Waals surface area (Å²) in [5, 5.41) is 34.7. The first kappa shape index (κ1) is 47.2. The maximum Gasteiger partial charge on any atom is 0.329 e. The number of hydrogen-bond donors (Lipinski definition) is 3. The minimum Gasteiger partial charge on any atom is -0.456 e. The first-order chi connectivity index (χ1) is 26.9. The first-order valence-corrected chi connectivity index (χ1v) is 21.3. The average molecular weight is 804 g/mol. The Morgan fingerprint density at radius 3 is 2.32 bits per heavy atom. The topological polar surface area (TPSA) is 161 Å². The van der Waals surface area contributed by atoms with Crippen molar-refractivity contribution in [1.29, 1.82) is 0 Å². The van der Waals surface area contributed by atoms with Crippen molar-refractivity contribution in [2.45, 2.75) is 173 Å². The summed E-state index contributed by atoms with van der Waals surface area (Å²) in [7, 11) is 4.72. The smallest absolute Gasteiger partial charge is 0.329 e. The average Bonchev–Trinajstić information content (AvgIpc) is 3.18. The quantitative estimate of drug-likeness (QED) is 0.161.